The fraction of sp³-hybridized carbons (Fsp3) is 0.200. The van der Waals surface area contributed by atoms with Gasteiger partial charge in [-0.3, -0.25) is 4.31 Å². The van der Waals surface area contributed by atoms with Crippen LogP contribution in [-0.2, 0) is 19.6 Å². The van der Waals surface area contributed by atoms with Gasteiger partial charge in [0, 0.05) is 12.1 Å². The predicted molar refractivity (Wildman–Crippen MR) is 130 cm³/mol. The molecule has 0 bridgehead atoms. The molecule has 34 heavy (non-hydrogen) atoms. The zero-order valence-electron chi connectivity index (χ0n) is 19.1. The molecule has 3 aromatic rings. The summed E-state index contributed by atoms with van der Waals surface area (Å²) in [7, 11) is -2.66. The molecule has 178 valence electrons. The van der Waals surface area contributed by atoms with Gasteiger partial charge in [0.1, 0.15) is 11.8 Å². The van der Waals surface area contributed by atoms with E-state index < -0.39 is 22.0 Å². The molecule has 1 heterocycles. The lowest BCUT2D eigenvalue weighted by Gasteiger charge is -2.30. The van der Waals surface area contributed by atoms with Crippen LogP contribution in [0.1, 0.15) is 25.0 Å². The first-order valence-corrected chi connectivity index (χ1v) is 12.0. The number of hydrogen-bond acceptors (Lipinski definition) is 6. The van der Waals surface area contributed by atoms with E-state index in [0.717, 1.165) is 9.87 Å². The molecule has 1 unspecified atom stereocenters. The second-order valence-electron chi connectivity index (χ2n) is 7.29. The number of benzene rings is 2. The number of methoxy groups -OCH3 is 1. The molecule has 0 aliphatic rings. The highest BCUT2D eigenvalue weighted by Gasteiger charge is 2.35. The van der Waals surface area contributed by atoms with Crippen LogP contribution >= 0.6 is 0 Å². The molecule has 8 nitrogen and oxygen atoms in total. The summed E-state index contributed by atoms with van der Waals surface area (Å²) in [4.78, 5) is 12.7. The maximum absolute atomic E-state index is 13.8. The van der Waals surface area contributed by atoms with E-state index >= 15 is 0 Å². The van der Waals surface area contributed by atoms with Crippen LogP contribution in [0.15, 0.2) is 78.0 Å². The summed E-state index contributed by atoms with van der Waals surface area (Å²) in [6.07, 6.45) is 6.23. The smallest absolute Gasteiger partial charge is 0.329 e. The van der Waals surface area contributed by atoms with Crippen molar-refractivity contribution in [3.63, 3.8) is 0 Å². The van der Waals surface area contributed by atoms with Gasteiger partial charge in [-0.05, 0) is 55.3 Å². The Morgan fingerprint density at radius 2 is 1.71 bits per heavy atom. The number of anilines is 1. The lowest BCUT2D eigenvalue weighted by Crippen LogP contribution is -2.44. The van der Waals surface area contributed by atoms with Gasteiger partial charge in [-0.1, -0.05) is 30.4 Å². The average Bonchev–Trinajstić information content (AvgIpc) is 2.84. The second kappa shape index (κ2) is 10.8. The zero-order chi connectivity index (χ0) is 24.7. The number of esters is 1. The number of rotatable bonds is 9. The number of carbonyl (C=O) groups is 1. The Kier molecular flexibility index (Phi) is 7.91. The molecule has 0 fully saturated rings. The van der Waals surface area contributed by atoms with E-state index in [4.69, 9.17) is 9.47 Å². The highest BCUT2D eigenvalue weighted by molar-refractivity contribution is 7.93. The number of hydrogen-bond donors (Lipinski definition) is 0. The molecule has 1 atom stereocenters. The van der Waals surface area contributed by atoms with E-state index in [-0.39, 0.29) is 11.5 Å². The van der Waals surface area contributed by atoms with E-state index in [2.05, 4.69) is 0 Å². The first kappa shape index (κ1) is 24.8. The van der Waals surface area contributed by atoms with Gasteiger partial charge in [0.25, 0.3) is 10.0 Å². The minimum Gasteiger partial charge on any atom is -0.619 e. The van der Waals surface area contributed by atoms with E-state index in [1.807, 2.05) is 0 Å². The maximum atomic E-state index is 13.8. The van der Waals surface area contributed by atoms with Crippen LogP contribution in [0.5, 0.6) is 5.75 Å². The number of nitrogens with zero attached hydrogens (tertiary/aromatic N) is 2. The van der Waals surface area contributed by atoms with Crippen molar-refractivity contribution in [3.8, 4) is 5.75 Å². The van der Waals surface area contributed by atoms with Crippen LogP contribution in [0.3, 0.4) is 0 Å². The van der Waals surface area contributed by atoms with Gasteiger partial charge in [-0.25, -0.2) is 13.2 Å². The van der Waals surface area contributed by atoms with E-state index in [1.165, 1.54) is 38.6 Å². The Morgan fingerprint density at radius 3 is 2.32 bits per heavy atom. The Hall–Kier alpha value is -3.85. The molecular formula is C25H26N2O6S. The lowest BCUT2D eigenvalue weighted by atomic mass is 10.1. The molecule has 1 aromatic heterocycles. The van der Waals surface area contributed by atoms with E-state index in [0.29, 0.717) is 21.7 Å². The van der Waals surface area contributed by atoms with Crippen LogP contribution < -0.4 is 13.8 Å². The summed E-state index contributed by atoms with van der Waals surface area (Å²) >= 11 is 0. The maximum Gasteiger partial charge on any atom is 0.329 e. The molecule has 9 heteroatoms. The minimum absolute atomic E-state index is 0.00582. The predicted octanol–water partition coefficient (Wildman–Crippen LogP) is 3.65. The van der Waals surface area contributed by atoms with Crippen molar-refractivity contribution < 1.29 is 27.4 Å². The van der Waals surface area contributed by atoms with Crippen molar-refractivity contribution in [2.45, 2.75) is 24.8 Å². The van der Waals surface area contributed by atoms with Gasteiger partial charge in [0.2, 0.25) is 0 Å². The summed E-state index contributed by atoms with van der Waals surface area (Å²) in [5.41, 5.74) is 1.63. The third-order valence-corrected chi connectivity index (χ3v) is 6.95. The summed E-state index contributed by atoms with van der Waals surface area (Å²) in [5.74, 6) is -0.157. The van der Waals surface area contributed by atoms with Gasteiger partial charge in [0.05, 0.1) is 24.3 Å². The summed E-state index contributed by atoms with van der Waals surface area (Å²) in [6.45, 7) is 3.27. The molecule has 0 aliphatic carbocycles. The third-order valence-electron chi connectivity index (χ3n) is 5.05. The number of ether oxygens (including phenoxy) is 2. The first-order valence-electron chi connectivity index (χ1n) is 10.6. The summed E-state index contributed by atoms with van der Waals surface area (Å²) < 4.78 is 39.5. The average molecular weight is 483 g/mol. The van der Waals surface area contributed by atoms with Crippen molar-refractivity contribution in [3.05, 3.63) is 89.4 Å². The summed E-state index contributed by atoms with van der Waals surface area (Å²) in [6, 6.07) is 14.9. The molecular weight excluding hydrogens is 456 g/mol. The molecule has 0 aliphatic heterocycles. The SMILES string of the molecule is CCOC(=O)C(C)N(c1ccccc1/C=C/c1cc[n+]([O-])cc1)S(=O)(=O)c1ccc(OC)cc1. The Balaban J connectivity index is 2.11. The highest BCUT2D eigenvalue weighted by Crippen LogP contribution is 2.31. The number of carbonyl (C=O) groups excluding carboxylic acids is 1. The molecule has 0 amide bonds. The highest BCUT2D eigenvalue weighted by atomic mass is 32.2. The summed E-state index contributed by atoms with van der Waals surface area (Å²) in [5, 5.41) is 11.3. The number of para-hydroxylation sites is 1. The van der Waals surface area contributed by atoms with Gasteiger partial charge >= 0.3 is 5.97 Å². The normalized spacial score (nSPS) is 12.3. The molecule has 0 saturated heterocycles. The van der Waals surface area contributed by atoms with E-state index in [9.17, 15) is 18.4 Å². The van der Waals surface area contributed by atoms with Crippen molar-refractivity contribution >= 4 is 33.8 Å². The monoisotopic (exact) mass is 482 g/mol. The van der Waals surface area contributed by atoms with Gasteiger partial charge in [-0.15, -0.1) is 0 Å². The topological polar surface area (TPSA) is 99.9 Å². The molecule has 0 radical (unpaired) electrons. The third kappa shape index (κ3) is 5.55. The van der Waals surface area contributed by atoms with Crippen LogP contribution in [0.2, 0.25) is 0 Å². The van der Waals surface area contributed by atoms with Gasteiger partial charge in [0.15, 0.2) is 12.4 Å². The van der Waals surface area contributed by atoms with E-state index in [1.54, 1.807) is 67.6 Å². The van der Waals surface area contributed by atoms with Crippen molar-refractivity contribution in [2.24, 2.45) is 0 Å². The lowest BCUT2D eigenvalue weighted by molar-refractivity contribution is -0.605. The Labute approximate surface area is 199 Å². The molecule has 2 aromatic carbocycles. The van der Waals surface area contributed by atoms with Crippen LogP contribution in [0.25, 0.3) is 12.2 Å². The van der Waals surface area contributed by atoms with Gasteiger partial charge in [-0.2, -0.15) is 4.73 Å². The second-order valence-corrected chi connectivity index (χ2v) is 9.10. The quantitative estimate of drug-likeness (QED) is 0.262. The van der Waals surface area contributed by atoms with Crippen molar-refractivity contribution in [2.75, 3.05) is 18.0 Å². The van der Waals surface area contributed by atoms with Crippen molar-refractivity contribution in [1.82, 2.24) is 0 Å². The minimum atomic E-state index is -4.15. The van der Waals surface area contributed by atoms with Crippen LogP contribution in [0, 0.1) is 5.21 Å². The standard InChI is InChI=1S/C25H26N2O6S/c1-4-33-25(28)19(2)27(34(30,31)23-13-11-22(32-3)12-14-23)24-8-6-5-7-21(24)10-9-20-15-17-26(29)18-16-20/h5-19H,4H2,1-3H3/b10-9+. The molecule has 0 N–H and O–H groups in total. The fourth-order valence-electron chi connectivity index (χ4n) is 3.32. The fourth-order valence-corrected chi connectivity index (χ4v) is 4.95. The molecule has 0 spiro atoms. The number of sulfonamides is 1. The van der Waals surface area contributed by atoms with Crippen molar-refractivity contribution in [1.29, 1.82) is 0 Å². The number of aromatic nitrogens is 1. The zero-order valence-corrected chi connectivity index (χ0v) is 19.9. The van der Waals surface area contributed by atoms with Crippen LogP contribution in [-0.4, -0.2) is 34.1 Å². The number of pyridine rings is 1. The molecule has 0 saturated carbocycles. The van der Waals surface area contributed by atoms with Gasteiger partial charge < -0.3 is 14.7 Å². The van der Waals surface area contributed by atoms with Crippen LogP contribution in [0.4, 0.5) is 5.69 Å². The Morgan fingerprint density at radius 1 is 1.06 bits per heavy atom. The molecule has 3 rings (SSSR count). The Bertz CT molecular complexity index is 1260. The first-order chi connectivity index (χ1) is 16.3. The largest absolute Gasteiger partial charge is 0.619 e.